The Hall–Kier alpha value is -1.84. The highest BCUT2D eigenvalue weighted by molar-refractivity contribution is 5.97. The zero-order chi connectivity index (χ0) is 14.8. The highest BCUT2D eigenvalue weighted by atomic mass is 16.2. The first-order chi connectivity index (χ1) is 9.48. The summed E-state index contributed by atoms with van der Waals surface area (Å²) in [6.07, 6.45) is 1.60. The molecule has 4 heteroatoms. The lowest BCUT2D eigenvalue weighted by Crippen LogP contribution is -2.64. The summed E-state index contributed by atoms with van der Waals surface area (Å²) in [7, 11) is 0. The van der Waals surface area contributed by atoms with Crippen molar-refractivity contribution in [2.45, 2.75) is 45.7 Å². The fourth-order valence-corrected chi connectivity index (χ4v) is 2.46. The van der Waals surface area contributed by atoms with Crippen molar-refractivity contribution in [2.24, 2.45) is 0 Å². The molecule has 0 radical (unpaired) electrons. The van der Waals surface area contributed by atoms with E-state index in [1.807, 2.05) is 19.1 Å². The number of hydrogen-bond acceptors (Lipinski definition) is 2. The van der Waals surface area contributed by atoms with Crippen LogP contribution in [0.15, 0.2) is 24.3 Å². The van der Waals surface area contributed by atoms with Crippen LogP contribution in [0.1, 0.15) is 38.3 Å². The number of amides is 2. The smallest absolute Gasteiger partial charge is 0.248 e. The van der Waals surface area contributed by atoms with E-state index in [1.54, 1.807) is 11.8 Å². The van der Waals surface area contributed by atoms with Gasteiger partial charge in [-0.15, -0.1) is 0 Å². The Balaban J connectivity index is 2.14. The van der Waals surface area contributed by atoms with Crippen molar-refractivity contribution in [1.29, 1.82) is 0 Å². The van der Waals surface area contributed by atoms with E-state index in [4.69, 9.17) is 0 Å². The van der Waals surface area contributed by atoms with Gasteiger partial charge in [0.15, 0.2) is 0 Å². The predicted molar refractivity (Wildman–Crippen MR) is 78.1 cm³/mol. The van der Waals surface area contributed by atoms with Crippen molar-refractivity contribution in [2.75, 3.05) is 6.54 Å². The van der Waals surface area contributed by atoms with Crippen molar-refractivity contribution < 1.29 is 9.59 Å². The van der Waals surface area contributed by atoms with Crippen molar-refractivity contribution >= 4 is 11.8 Å². The van der Waals surface area contributed by atoms with Crippen LogP contribution in [0.4, 0.5) is 0 Å². The second-order valence-corrected chi connectivity index (χ2v) is 5.57. The predicted octanol–water partition coefficient (Wildman–Crippen LogP) is 1.88. The zero-order valence-corrected chi connectivity index (χ0v) is 12.4. The third kappa shape index (κ3) is 2.84. The molecular formula is C16H22N2O2. The van der Waals surface area contributed by atoms with Crippen LogP contribution in [0.3, 0.4) is 0 Å². The summed E-state index contributed by atoms with van der Waals surface area (Å²) < 4.78 is 0. The molecule has 2 amide bonds. The van der Waals surface area contributed by atoms with Crippen molar-refractivity contribution in [3.05, 3.63) is 35.4 Å². The van der Waals surface area contributed by atoms with Gasteiger partial charge in [-0.05, 0) is 30.9 Å². The summed E-state index contributed by atoms with van der Waals surface area (Å²) in [5.74, 6) is -0.0849. The Morgan fingerprint density at radius 1 is 1.15 bits per heavy atom. The molecule has 1 aliphatic heterocycles. The lowest BCUT2D eigenvalue weighted by Gasteiger charge is -2.39. The van der Waals surface area contributed by atoms with Crippen molar-refractivity contribution in [3.8, 4) is 0 Å². The van der Waals surface area contributed by atoms with Gasteiger partial charge in [0.1, 0.15) is 5.54 Å². The van der Waals surface area contributed by atoms with Crippen molar-refractivity contribution in [1.82, 2.24) is 10.2 Å². The Kier molecular flexibility index (Phi) is 4.12. The van der Waals surface area contributed by atoms with Crippen LogP contribution in [0, 0.1) is 0 Å². The fourth-order valence-electron chi connectivity index (χ4n) is 2.46. The van der Waals surface area contributed by atoms with Gasteiger partial charge in [-0.3, -0.25) is 9.59 Å². The highest BCUT2D eigenvalue weighted by Gasteiger charge is 2.41. The SMILES string of the molecule is CCc1ccc(CN2CC(=O)NC(C)(CC)C2=O)cc1. The minimum absolute atomic E-state index is 0.000770. The summed E-state index contributed by atoms with van der Waals surface area (Å²) in [4.78, 5) is 25.9. The van der Waals surface area contributed by atoms with Crippen LogP contribution in [-0.2, 0) is 22.6 Å². The van der Waals surface area contributed by atoms with E-state index < -0.39 is 5.54 Å². The molecule has 0 spiro atoms. The van der Waals surface area contributed by atoms with Gasteiger partial charge in [0.25, 0.3) is 0 Å². The van der Waals surface area contributed by atoms with Gasteiger partial charge >= 0.3 is 0 Å². The van der Waals surface area contributed by atoms with E-state index in [9.17, 15) is 9.59 Å². The number of benzene rings is 1. The molecule has 1 saturated heterocycles. The first kappa shape index (κ1) is 14.6. The molecule has 1 heterocycles. The average Bonchev–Trinajstić information content (AvgIpc) is 2.45. The summed E-state index contributed by atoms with van der Waals surface area (Å²) >= 11 is 0. The Morgan fingerprint density at radius 2 is 1.75 bits per heavy atom. The molecule has 108 valence electrons. The Labute approximate surface area is 120 Å². The molecule has 0 aliphatic carbocycles. The maximum absolute atomic E-state index is 12.5. The molecule has 0 aromatic heterocycles. The molecule has 1 fully saturated rings. The standard InChI is InChI=1S/C16H22N2O2/c1-4-12-6-8-13(9-7-12)10-18-11-14(19)17-16(3,5-2)15(18)20/h6-9H,4-5,10-11H2,1-3H3,(H,17,19). The number of nitrogens with zero attached hydrogens (tertiary/aromatic N) is 1. The van der Waals surface area contributed by atoms with Crippen LogP contribution >= 0.6 is 0 Å². The molecule has 2 rings (SSSR count). The largest absolute Gasteiger partial charge is 0.340 e. The quantitative estimate of drug-likeness (QED) is 0.911. The Bertz CT molecular complexity index is 510. The lowest BCUT2D eigenvalue weighted by molar-refractivity contribution is -0.149. The molecule has 0 bridgehead atoms. The normalized spacial score (nSPS) is 22.9. The first-order valence-electron chi connectivity index (χ1n) is 7.16. The van der Waals surface area contributed by atoms with Crippen LogP contribution in [0.2, 0.25) is 0 Å². The molecule has 1 atom stereocenters. The minimum Gasteiger partial charge on any atom is -0.340 e. The van der Waals surface area contributed by atoms with E-state index in [0.29, 0.717) is 13.0 Å². The minimum atomic E-state index is -0.765. The Morgan fingerprint density at radius 3 is 2.30 bits per heavy atom. The van der Waals surface area contributed by atoms with Gasteiger partial charge in [0.05, 0.1) is 6.54 Å². The van der Waals surface area contributed by atoms with Crippen LogP contribution in [0.5, 0.6) is 0 Å². The molecule has 1 aromatic rings. The number of rotatable bonds is 4. The van der Waals surface area contributed by atoms with Gasteiger partial charge in [0.2, 0.25) is 11.8 Å². The van der Waals surface area contributed by atoms with Gasteiger partial charge in [-0.2, -0.15) is 0 Å². The fraction of sp³-hybridized carbons (Fsp3) is 0.500. The molecule has 1 aromatic carbocycles. The number of aryl methyl sites for hydroxylation is 1. The molecule has 1 aliphatic rings. The van der Waals surface area contributed by atoms with E-state index in [0.717, 1.165) is 12.0 Å². The molecule has 1 unspecified atom stereocenters. The van der Waals surface area contributed by atoms with E-state index >= 15 is 0 Å². The second kappa shape index (κ2) is 5.65. The van der Waals surface area contributed by atoms with Crippen LogP contribution in [0.25, 0.3) is 0 Å². The summed E-state index contributed by atoms with van der Waals surface area (Å²) in [6, 6.07) is 8.20. The molecule has 20 heavy (non-hydrogen) atoms. The third-order valence-corrected chi connectivity index (χ3v) is 4.02. The zero-order valence-electron chi connectivity index (χ0n) is 12.4. The van der Waals surface area contributed by atoms with Gasteiger partial charge in [-0.1, -0.05) is 38.1 Å². The number of carbonyl (C=O) groups is 2. The lowest BCUT2D eigenvalue weighted by atomic mass is 9.94. The molecule has 0 saturated carbocycles. The number of carbonyl (C=O) groups excluding carboxylic acids is 2. The second-order valence-electron chi connectivity index (χ2n) is 5.57. The summed E-state index contributed by atoms with van der Waals surface area (Å²) in [5, 5.41) is 2.80. The molecule has 4 nitrogen and oxygen atoms in total. The number of nitrogens with one attached hydrogen (secondary N) is 1. The van der Waals surface area contributed by atoms with Gasteiger partial charge in [0, 0.05) is 6.54 Å². The van der Waals surface area contributed by atoms with Gasteiger partial charge < -0.3 is 10.2 Å². The summed E-state index contributed by atoms with van der Waals surface area (Å²) in [6.45, 7) is 6.45. The monoisotopic (exact) mass is 274 g/mol. The molecule has 1 N–H and O–H groups in total. The van der Waals surface area contributed by atoms with E-state index in [1.165, 1.54) is 5.56 Å². The maximum atomic E-state index is 12.5. The topological polar surface area (TPSA) is 49.4 Å². The van der Waals surface area contributed by atoms with E-state index in [-0.39, 0.29) is 18.4 Å². The van der Waals surface area contributed by atoms with Crippen molar-refractivity contribution in [3.63, 3.8) is 0 Å². The average molecular weight is 274 g/mol. The summed E-state index contributed by atoms with van der Waals surface area (Å²) in [5.41, 5.74) is 1.57. The number of hydrogen-bond donors (Lipinski definition) is 1. The first-order valence-corrected chi connectivity index (χ1v) is 7.16. The maximum Gasteiger partial charge on any atom is 0.248 e. The number of piperazine rings is 1. The highest BCUT2D eigenvalue weighted by Crippen LogP contribution is 2.19. The molecular weight excluding hydrogens is 252 g/mol. The van der Waals surface area contributed by atoms with Crippen LogP contribution in [-0.4, -0.2) is 28.8 Å². The third-order valence-electron chi connectivity index (χ3n) is 4.02. The van der Waals surface area contributed by atoms with Gasteiger partial charge in [-0.25, -0.2) is 0 Å². The van der Waals surface area contributed by atoms with E-state index in [2.05, 4.69) is 24.4 Å². The van der Waals surface area contributed by atoms with Crippen LogP contribution < -0.4 is 5.32 Å².